The minimum Gasteiger partial charge on any atom is -0.409 e. The summed E-state index contributed by atoms with van der Waals surface area (Å²) in [5.74, 6) is 0.518. The van der Waals surface area contributed by atoms with Gasteiger partial charge in [-0.3, -0.25) is 0 Å². The molecule has 0 aliphatic rings. The van der Waals surface area contributed by atoms with Crippen LogP contribution >= 0.6 is 0 Å². The van der Waals surface area contributed by atoms with E-state index < -0.39 is 0 Å². The van der Waals surface area contributed by atoms with Gasteiger partial charge in [0.15, 0.2) is 0 Å². The van der Waals surface area contributed by atoms with Gasteiger partial charge in [-0.05, 0) is 43.4 Å². The van der Waals surface area contributed by atoms with Gasteiger partial charge in [0, 0.05) is 19.2 Å². The van der Waals surface area contributed by atoms with E-state index in [1.807, 2.05) is 26.8 Å². The van der Waals surface area contributed by atoms with E-state index >= 15 is 0 Å². The van der Waals surface area contributed by atoms with E-state index in [9.17, 15) is 4.79 Å². The standard InChI is InChI=1S/C16H24NO2/c1-7-17(8-2)15(18)19-14-10-9-13(11-12(14)3)16(4,5)6/h9,11H,7-8H2,1-6H3. The van der Waals surface area contributed by atoms with E-state index in [1.165, 1.54) is 5.56 Å². The summed E-state index contributed by atoms with van der Waals surface area (Å²) in [7, 11) is 0. The van der Waals surface area contributed by atoms with Crippen LogP contribution in [-0.2, 0) is 5.41 Å². The number of carbonyl (C=O) groups excluding carboxylic acids is 1. The summed E-state index contributed by atoms with van der Waals surface area (Å²) in [4.78, 5) is 13.5. The molecule has 0 spiro atoms. The van der Waals surface area contributed by atoms with E-state index in [2.05, 4.69) is 32.9 Å². The van der Waals surface area contributed by atoms with Crippen LogP contribution in [0, 0.1) is 13.0 Å². The monoisotopic (exact) mass is 262 g/mol. The maximum absolute atomic E-state index is 11.9. The molecule has 0 fully saturated rings. The Labute approximate surface area is 116 Å². The number of hydrogen-bond acceptors (Lipinski definition) is 2. The number of aryl methyl sites for hydroxylation is 1. The number of carbonyl (C=O) groups is 1. The van der Waals surface area contributed by atoms with Gasteiger partial charge in [-0.15, -0.1) is 0 Å². The molecule has 0 heterocycles. The molecular formula is C16H24NO2. The summed E-state index contributed by atoms with van der Waals surface area (Å²) in [6.45, 7) is 13.6. The Bertz CT molecular complexity index is 443. The average Bonchev–Trinajstić information content (AvgIpc) is 2.32. The summed E-state index contributed by atoms with van der Waals surface area (Å²) in [5.41, 5.74) is 2.20. The Kier molecular flexibility index (Phi) is 4.98. The lowest BCUT2D eigenvalue weighted by Gasteiger charge is -2.21. The zero-order valence-electron chi connectivity index (χ0n) is 12.8. The maximum atomic E-state index is 11.9. The van der Waals surface area contributed by atoms with Crippen LogP contribution in [0.25, 0.3) is 0 Å². The molecule has 3 nitrogen and oxygen atoms in total. The topological polar surface area (TPSA) is 29.5 Å². The molecule has 0 N–H and O–H groups in total. The van der Waals surface area contributed by atoms with Crippen molar-refractivity contribution in [1.82, 2.24) is 4.90 Å². The van der Waals surface area contributed by atoms with E-state index in [1.54, 1.807) is 4.90 Å². The predicted octanol–water partition coefficient (Wildman–Crippen LogP) is 3.93. The van der Waals surface area contributed by atoms with Crippen molar-refractivity contribution in [3.05, 3.63) is 29.3 Å². The molecule has 0 aromatic heterocycles. The maximum Gasteiger partial charge on any atom is 0.415 e. The largest absolute Gasteiger partial charge is 0.415 e. The first kappa shape index (κ1) is 15.5. The smallest absolute Gasteiger partial charge is 0.409 e. The molecule has 1 radical (unpaired) electrons. The van der Waals surface area contributed by atoms with Crippen molar-refractivity contribution in [3.63, 3.8) is 0 Å². The first-order valence-corrected chi connectivity index (χ1v) is 6.79. The molecular weight excluding hydrogens is 238 g/mol. The van der Waals surface area contributed by atoms with Gasteiger partial charge in [0.2, 0.25) is 0 Å². The minimum atomic E-state index is -0.312. The van der Waals surface area contributed by atoms with E-state index in [0.717, 1.165) is 5.56 Å². The number of amides is 1. The molecule has 3 heteroatoms. The summed E-state index contributed by atoms with van der Waals surface area (Å²) >= 11 is 0. The zero-order valence-corrected chi connectivity index (χ0v) is 12.8. The predicted molar refractivity (Wildman–Crippen MR) is 77.7 cm³/mol. The molecule has 1 rings (SSSR count). The summed E-state index contributed by atoms with van der Waals surface area (Å²) in [5, 5.41) is 0. The van der Waals surface area contributed by atoms with Crippen molar-refractivity contribution in [2.75, 3.05) is 13.1 Å². The van der Waals surface area contributed by atoms with Crippen LogP contribution in [-0.4, -0.2) is 24.1 Å². The number of ether oxygens (including phenoxy) is 1. The highest BCUT2D eigenvalue weighted by Crippen LogP contribution is 2.27. The van der Waals surface area contributed by atoms with Crippen molar-refractivity contribution in [1.29, 1.82) is 0 Å². The van der Waals surface area contributed by atoms with Crippen molar-refractivity contribution in [3.8, 4) is 5.75 Å². The average molecular weight is 262 g/mol. The molecule has 105 valence electrons. The molecule has 1 aromatic rings. The van der Waals surface area contributed by atoms with Gasteiger partial charge in [-0.2, -0.15) is 0 Å². The molecule has 1 aromatic carbocycles. The Balaban J connectivity index is 2.89. The van der Waals surface area contributed by atoms with Crippen LogP contribution in [0.4, 0.5) is 4.79 Å². The fraction of sp³-hybridized carbons (Fsp3) is 0.562. The minimum absolute atomic E-state index is 0.0721. The van der Waals surface area contributed by atoms with Crippen LogP contribution in [0.3, 0.4) is 0 Å². The number of nitrogens with zero attached hydrogens (tertiary/aromatic N) is 1. The molecule has 0 unspecified atom stereocenters. The molecule has 0 saturated heterocycles. The van der Waals surface area contributed by atoms with Gasteiger partial charge in [0.05, 0.1) is 0 Å². The quantitative estimate of drug-likeness (QED) is 0.826. The highest BCUT2D eigenvalue weighted by Gasteiger charge is 2.17. The van der Waals surface area contributed by atoms with Gasteiger partial charge in [-0.25, -0.2) is 4.79 Å². The molecule has 0 bridgehead atoms. The highest BCUT2D eigenvalue weighted by atomic mass is 16.6. The second-order valence-electron chi connectivity index (χ2n) is 5.69. The molecule has 0 aliphatic heterocycles. The molecule has 0 aliphatic carbocycles. The Hall–Kier alpha value is -1.51. The Morgan fingerprint density at radius 2 is 1.89 bits per heavy atom. The Morgan fingerprint density at radius 1 is 1.32 bits per heavy atom. The van der Waals surface area contributed by atoms with Crippen LogP contribution < -0.4 is 4.74 Å². The number of rotatable bonds is 3. The van der Waals surface area contributed by atoms with E-state index in [4.69, 9.17) is 4.74 Å². The second kappa shape index (κ2) is 6.09. The third-order valence-electron chi connectivity index (χ3n) is 3.17. The lowest BCUT2D eigenvalue weighted by Crippen LogP contribution is -2.33. The van der Waals surface area contributed by atoms with Gasteiger partial charge in [0.1, 0.15) is 5.75 Å². The fourth-order valence-corrected chi connectivity index (χ4v) is 1.77. The van der Waals surface area contributed by atoms with Crippen molar-refractivity contribution < 1.29 is 9.53 Å². The Morgan fingerprint density at radius 3 is 2.32 bits per heavy atom. The van der Waals surface area contributed by atoms with Crippen molar-refractivity contribution in [2.24, 2.45) is 0 Å². The second-order valence-corrected chi connectivity index (χ2v) is 5.69. The van der Waals surface area contributed by atoms with Crippen LogP contribution in [0.2, 0.25) is 0 Å². The number of benzene rings is 1. The summed E-state index contributed by atoms with van der Waals surface area (Å²) < 4.78 is 5.39. The van der Waals surface area contributed by atoms with Crippen molar-refractivity contribution >= 4 is 6.09 Å². The van der Waals surface area contributed by atoms with E-state index in [-0.39, 0.29) is 11.5 Å². The van der Waals surface area contributed by atoms with Crippen LogP contribution in [0.5, 0.6) is 5.75 Å². The zero-order chi connectivity index (χ0) is 14.6. The van der Waals surface area contributed by atoms with E-state index in [0.29, 0.717) is 18.8 Å². The van der Waals surface area contributed by atoms with Crippen molar-refractivity contribution in [2.45, 2.75) is 47.0 Å². The lowest BCUT2D eigenvalue weighted by molar-refractivity contribution is 0.157. The van der Waals surface area contributed by atoms with Gasteiger partial charge < -0.3 is 9.64 Å². The van der Waals surface area contributed by atoms with Crippen LogP contribution in [0.1, 0.15) is 45.7 Å². The lowest BCUT2D eigenvalue weighted by atomic mass is 9.86. The number of hydrogen-bond donors (Lipinski definition) is 0. The third-order valence-corrected chi connectivity index (χ3v) is 3.17. The normalized spacial score (nSPS) is 11.3. The van der Waals surface area contributed by atoms with Gasteiger partial charge in [-0.1, -0.05) is 26.8 Å². The third kappa shape index (κ3) is 3.98. The highest BCUT2D eigenvalue weighted by molar-refractivity contribution is 5.71. The SMILES string of the molecule is CCN(CC)C(=O)Oc1[c]cc(C(C)(C)C)cc1C. The summed E-state index contributed by atoms with van der Waals surface area (Å²) in [6.07, 6.45) is -0.312. The van der Waals surface area contributed by atoms with Crippen LogP contribution in [0.15, 0.2) is 12.1 Å². The summed E-state index contributed by atoms with van der Waals surface area (Å²) in [6, 6.07) is 7.03. The van der Waals surface area contributed by atoms with Gasteiger partial charge >= 0.3 is 6.09 Å². The van der Waals surface area contributed by atoms with Gasteiger partial charge in [0.25, 0.3) is 0 Å². The molecule has 0 saturated carbocycles. The molecule has 1 amide bonds. The fourth-order valence-electron chi connectivity index (χ4n) is 1.77. The molecule has 19 heavy (non-hydrogen) atoms. The first-order chi connectivity index (χ1) is 8.79. The molecule has 0 atom stereocenters. The first-order valence-electron chi connectivity index (χ1n) is 6.79.